The molecule has 2 heterocycles. The van der Waals surface area contributed by atoms with E-state index in [9.17, 15) is 23.6 Å². The number of amides is 2. The maximum atomic E-state index is 13.9. The van der Waals surface area contributed by atoms with E-state index in [1.54, 1.807) is 5.32 Å². The zero-order chi connectivity index (χ0) is 35.5. The standard InChI is InChI=1S/C24H27FN6O7/c1-13-29-30-21(37-13)20(34)28-24(2,3)23-27-17(19(33)26-12-14-6-8-15(25)9-7-14)18(22(35)31(23)4)38-16(32)10-11-36-5/h6-9H,10-12H2,1-5H3,(H,26,33)(H,28,34)/i2D3,3D3,4D3. The van der Waals surface area contributed by atoms with Crippen LogP contribution in [-0.4, -0.2) is 51.2 Å². The van der Waals surface area contributed by atoms with E-state index in [2.05, 4.69) is 20.5 Å². The molecule has 0 fully saturated rings. The average molecular weight is 540 g/mol. The molecule has 13 nitrogen and oxygen atoms in total. The Balaban J connectivity index is 2.41. The molecule has 38 heavy (non-hydrogen) atoms. The number of esters is 1. The van der Waals surface area contributed by atoms with Crippen molar-refractivity contribution in [3.05, 3.63) is 69.3 Å². The summed E-state index contributed by atoms with van der Waals surface area (Å²) in [6.07, 6.45) is -0.518. The second-order valence-corrected chi connectivity index (χ2v) is 7.61. The van der Waals surface area contributed by atoms with Gasteiger partial charge in [-0.2, -0.15) is 0 Å². The van der Waals surface area contributed by atoms with Crippen LogP contribution in [0.3, 0.4) is 0 Å². The van der Waals surface area contributed by atoms with Gasteiger partial charge in [-0.1, -0.05) is 12.1 Å². The molecule has 1 aromatic carbocycles. The highest BCUT2D eigenvalue weighted by Gasteiger charge is 2.33. The van der Waals surface area contributed by atoms with Gasteiger partial charge in [-0.25, -0.2) is 9.37 Å². The minimum Gasteiger partial charge on any atom is -0.418 e. The third kappa shape index (κ3) is 6.64. The Bertz CT molecular complexity index is 1690. The number of rotatable bonds is 10. The Hall–Kier alpha value is -4.46. The van der Waals surface area contributed by atoms with E-state index in [1.807, 2.05) is 0 Å². The molecule has 0 saturated heterocycles. The molecule has 3 aromatic rings. The zero-order valence-corrected chi connectivity index (χ0v) is 20.0. The van der Waals surface area contributed by atoms with Gasteiger partial charge in [0.05, 0.1) is 18.6 Å². The largest absolute Gasteiger partial charge is 0.418 e. The fourth-order valence-electron chi connectivity index (χ4n) is 2.89. The van der Waals surface area contributed by atoms with Crippen LogP contribution in [0.25, 0.3) is 0 Å². The first-order valence-corrected chi connectivity index (χ1v) is 10.7. The minimum atomic E-state index is -3.95. The van der Waals surface area contributed by atoms with E-state index in [0.717, 1.165) is 12.1 Å². The van der Waals surface area contributed by atoms with Crippen LogP contribution in [0.4, 0.5) is 4.39 Å². The highest BCUT2D eigenvalue weighted by atomic mass is 19.1. The lowest BCUT2D eigenvalue weighted by Crippen LogP contribution is -2.46. The fraction of sp³-hybridized carbons (Fsp3) is 0.375. The van der Waals surface area contributed by atoms with Crippen molar-refractivity contribution in [2.45, 2.75) is 39.1 Å². The molecule has 0 atom stereocenters. The Morgan fingerprint density at radius 3 is 2.53 bits per heavy atom. The number of aromatic nitrogens is 4. The van der Waals surface area contributed by atoms with Crippen LogP contribution in [0.5, 0.6) is 5.75 Å². The Kier molecular flexibility index (Phi) is 5.52. The second kappa shape index (κ2) is 11.7. The van der Waals surface area contributed by atoms with Crippen LogP contribution in [0.15, 0.2) is 33.5 Å². The lowest BCUT2D eigenvalue weighted by atomic mass is 10.0. The third-order valence-electron chi connectivity index (χ3n) is 4.71. The van der Waals surface area contributed by atoms with Gasteiger partial charge >= 0.3 is 17.8 Å². The number of benzene rings is 1. The summed E-state index contributed by atoms with van der Waals surface area (Å²) in [5.74, 6) is -8.94. The van der Waals surface area contributed by atoms with E-state index in [0.29, 0.717) is 5.56 Å². The van der Waals surface area contributed by atoms with E-state index in [-0.39, 0.29) is 23.6 Å². The maximum absolute atomic E-state index is 13.9. The Labute approximate surface area is 229 Å². The van der Waals surface area contributed by atoms with Gasteiger partial charge in [0, 0.05) is 39.9 Å². The summed E-state index contributed by atoms with van der Waals surface area (Å²) in [5, 5.41) is 10.8. The first-order valence-electron chi connectivity index (χ1n) is 15.2. The zero-order valence-electron chi connectivity index (χ0n) is 29.0. The predicted octanol–water partition coefficient (Wildman–Crippen LogP) is 1.15. The molecule has 0 unspecified atom stereocenters. The highest BCUT2D eigenvalue weighted by Crippen LogP contribution is 2.22. The van der Waals surface area contributed by atoms with Crippen LogP contribution in [0.2, 0.25) is 0 Å². The SMILES string of the molecule is [2H]C([2H])([2H])n1c(C(NC(=O)c2nnc(C)o2)(C([2H])([2H])[2H])C([2H])([2H])[2H])nc(C(=O)NCc2ccc(F)cc2)c(OC(=O)CCOC)c1=O. The van der Waals surface area contributed by atoms with Crippen LogP contribution in [-0.2, 0) is 28.6 Å². The number of methoxy groups -OCH3 is 1. The van der Waals surface area contributed by atoms with Gasteiger partial charge < -0.3 is 24.5 Å². The van der Waals surface area contributed by atoms with Gasteiger partial charge in [-0.05, 0) is 31.4 Å². The van der Waals surface area contributed by atoms with E-state index >= 15 is 0 Å². The molecule has 0 bridgehead atoms. The van der Waals surface area contributed by atoms with Gasteiger partial charge in [-0.3, -0.25) is 23.7 Å². The summed E-state index contributed by atoms with van der Waals surface area (Å²) in [4.78, 5) is 56.8. The summed E-state index contributed by atoms with van der Waals surface area (Å²) in [7, 11) is 1.23. The number of hydrogen-bond acceptors (Lipinski definition) is 10. The van der Waals surface area contributed by atoms with Gasteiger partial charge in [0.15, 0.2) is 5.69 Å². The number of hydrogen-bond donors (Lipinski definition) is 2. The van der Waals surface area contributed by atoms with Crippen molar-refractivity contribution in [1.82, 2.24) is 30.4 Å². The second-order valence-electron chi connectivity index (χ2n) is 7.61. The summed E-state index contributed by atoms with van der Waals surface area (Å²) in [6.45, 7) is -11.0. The van der Waals surface area contributed by atoms with Crippen LogP contribution < -0.4 is 20.9 Å². The molecular formula is C24H27FN6O7. The van der Waals surface area contributed by atoms with Crippen molar-refractivity contribution in [1.29, 1.82) is 0 Å². The molecule has 202 valence electrons. The molecule has 0 aliphatic carbocycles. The first kappa shape index (κ1) is 17.9. The quantitative estimate of drug-likeness (QED) is 0.357. The highest BCUT2D eigenvalue weighted by molar-refractivity contribution is 5.95. The van der Waals surface area contributed by atoms with E-state index in [4.69, 9.17) is 26.2 Å². The number of halogens is 1. The maximum Gasteiger partial charge on any atom is 0.313 e. The predicted molar refractivity (Wildman–Crippen MR) is 129 cm³/mol. The lowest BCUT2D eigenvalue weighted by molar-refractivity contribution is -0.135. The number of nitrogens with one attached hydrogen (secondary N) is 2. The molecule has 0 aliphatic heterocycles. The Morgan fingerprint density at radius 1 is 1.18 bits per heavy atom. The normalized spacial score (nSPS) is 15.7. The monoisotopic (exact) mass is 539 g/mol. The van der Waals surface area contributed by atoms with Crippen molar-refractivity contribution >= 4 is 17.8 Å². The molecular weight excluding hydrogens is 503 g/mol. The molecule has 2 N–H and O–H groups in total. The van der Waals surface area contributed by atoms with E-state index < -0.39 is 85.0 Å². The lowest BCUT2D eigenvalue weighted by Gasteiger charge is -2.27. The first-order chi connectivity index (χ1) is 21.6. The average Bonchev–Trinajstić information content (AvgIpc) is 3.39. The fourth-order valence-corrected chi connectivity index (χ4v) is 2.89. The van der Waals surface area contributed by atoms with Crippen LogP contribution >= 0.6 is 0 Å². The summed E-state index contributed by atoms with van der Waals surface area (Å²) < 4.78 is 101. The molecule has 0 aliphatic rings. The Morgan fingerprint density at radius 2 is 1.92 bits per heavy atom. The summed E-state index contributed by atoms with van der Waals surface area (Å²) in [5.41, 5.74) is -6.67. The molecule has 0 saturated carbocycles. The number of carbonyl (C=O) groups excluding carboxylic acids is 3. The smallest absolute Gasteiger partial charge is 0.313 e. The van der Waals surface area contributed by atoms with Crippen molar-refractivity contribution in [3.63, 3.8) is 0 Å². The third-order valence-corrected chi connectivity index (χ3v) is 4.71. The molecule has 2 amide bonds. The summed E-state index contributed by atoms with van der Waals surface area (Å²) >= 11 is 0. The van der Waals surface area contributed by atoms with Crippen molar-refractivity contribution in [2.75, 3.05) is 13.7 Å². The van der Waals surface area contributed by atoms with Gasteiger partial charge in [0.2, 0.25) is 11.6 Å². The molecule has 2 aromatic heterocycles. The van der Waals surface area contributed by atoms with Crippen molar-refractivity contribution < 1.29 is 45.0 Å². The van der Waals surface area contributed by atoms with Gasteiger partial charge in [0.1, 0.15) is 11.6 Å². The molecule has 0 radical (unpaired) electrons. The molecule has 3 rings (SSSR count). The topological polar surface area (TPSA) is 168 Å². The number of carbonyl (C=O) groups is 3. The van der Waals surface area contributed by atoms with E-state index in [1.165, 1.54) is 26.2 Å². The minimum absolute atomic E-state index is 0.194. The van der Waals surface area contributed by atoms with Gasteiger partial charge in [-0.15, -0.1) is 10.2 Å². The number of nitrogens with zero attached hydrogens (tertiary/aromatic N) is 4. The number of aryl methyl sites for hydroxylation is 1. The van der Waals surface area contributed by atoms with Crippen molar-refractivity contribution in [3.8, 4) is 5.75 Å². The number of ether oxygens (including phenoxy) is 2. The molecule has 0 spiro atoms. The summed E-state index contributed by atoms with van der Waals surface area (Å²) in [6, 6.07) is 4.67. The van der Waals surface area contributed by atoms with Crippen LogP contribution in [0, 0.1) is 12.7 Å². The van der Waals surface area contributed by atoms with Crippen LogP contribution in [0.1, 0.15) is 70.9 Å². The molecule has 14 heteroatoms. The van der Waals surface area contributed by atoms with Crippen molar-refractivity contribution in [2.24, 2.45) is 6.98 Å². The van der Waals surface area contributed by atoms with Gasteiger partial charge in [0.25, 0.3) is 11.5 Å².